The number of likely N-dealkylation sites (N-methyl/N-ethyl adjacent to an activating group) is 1. The van der Waals surface area contributed by atoms with Crippen molar-refractivity contribution < 1.29 is 9.53 Å². The number of methoxy groups -OCH3 is 1. The Balaban J connectivity index is 1.92. The van der Waals surface area contributed by atoms with E-state index in [1.807, 2.05) is 0 Å². The summed E-state index contributed by atoms with van der Waals surface area (Å²) >= 11 is 0. The highest BCUT2D eigenvalue weighted by Gasteiger charge is 2.25. The molecule has 7 nitrogen and oxygen atoms in total. The van der Waals surface area contributed by atoms with E-state index in [2.05, 4.69) is 71.6 Å². The average Bonchev–Trinajstić information content (AvgIpc) is 2.73. The van der Waals surface area contributed by atoms with Crippen LogP contribution in [-0.4, -0.2) is 81.2 Å². The molecule has 1 saturated heterocycles. The molecule has 0 radical (unpaired) electrons. The lowest BCUT2D eigenvalue weighted by Gasteiger charge is -2.34. The molecule has 1 aliphatic rings. The second-order valence-corrected chi connectivity index (χ2v) is 9.60. The van der Waals surface area contributed by atoms with Crippen LogP contribution in [-0.2, 0) is 16.1 Å². The zero-order chi connectivity index (χ0) is 22.9. The second-order valence-electron chi connectivity index (χ2n) is 9.60. The maximum atomic E-state index is 12.0. The van der Waals surface area contributed by atoms with Crippen LogP contribution >= 0.6 is 0 Å². The molecule has 2 N–H and O–H groups in total. The first-order chi connectivity index (χ1) is 14.7. The van der Waals surface area contributed by atoms with Crippen molar-refractivity contribution in [3.8, 4) is 0 Å². The van der Waals surface area contributed by atoms with Crippen LogP contribution in [0.25, 0.3) is 0 Å². The summed E-state index contributed by atoms with van der Waals surface area (Å²) in [5, 5.41) is 6.95. The van der Waals surface area contributed by atoms with Gasteiger partial charge in [-0.3, -0.25) is 9.69 Å². The van der Waals surface area contributed by atoms with Crippen molar-refractivity contribution in [1.29, 1.82) is 0 Å². The minimum Gasteiger partial charge on any atom is -0.379 e. The van der Waals surface area contributed by atoms with Crippen molar-refractivity contribution in [2.75, 3.05) is 47.4 Å². The van der Waals surface area contributed by atoms with E-state index in [4.69, 9.17) is 4.74 Å². The number of benzene rings is 1. The molecule has 0 bridgehead atoms. The third-order valence-corrected chi connectivity index (χ3v) is 5.75. The Labute approximate surface area is 188 Å². The molecule has 1 heterocycles. The van der Waals surface area contributed by atoms with Gasteiger partial charge in [-0.15, -0.1) is 0 Å². The Morgan fingerprint density at radius 2 is 1.87 bits per heavy atom. The summed E-state index contributed by atoms with van der Waals surface area (Å²) in [5.41, 5.74) is 1.36. The fourth-order valence-corrected chi connectivity index (χ4v) is 3.64. The Bertz CT molecular complexity index is 692. The predicted octanol–water partition coefficient (Wildman–Crippen LogP) is 2.34. The largest absolute Gasteiger partial charge is 0.379 e. The highest BCUT2D eigenvalue weighted by molar-refractivity contribution is 5.85. The van der Waals surface area contributed by atoms with Crippen LogP contribution in [0.2, 0.25) is 0 Å². The minimum atomic E-state index is -0.0158. The fourth-order valence-electron chi connectivity index (χ4n) is 3.64. The highest BCUT2D eigenvalue weighted by atomic mass is 16.5. The lowest BCUT2D eigenvalue weighted by molar-refractivity contribution is -0.127. The van der Waals surface area contributed by atoms with Gasteiger partial charge in [0, 0.05) is 53.4 Å². The molecular formula is C24H41N5O2. The van der Waals surface area contributed by atoms with Crippen LogP contribution < -0.4 is 10.6 Å². The van der Waals surface area contributed by atoms with Crippen LogP contribution in [0.4, 0.5) is 0 Å². The number of aliphatic imine (C=N–C) groups is 1. The van der Waals surface area contributed by atoms with Gasteiger partial charge >= 0.3 is 0 Å². The van der Waals surface area contributed by atoms with Gasteiger partial charge in [0.05, 0.1) is 6.10 Å². The van der Waals surface area contributed by atoms with E-state index in [0.29, 0.717) is 18.5 Å². The number of likely N-dealkylation sites (tertiary alicyclic amines) is 1. The molecule has 0 saturated carbocycles. The summed E-state index contributed by atoms with van der Waals surface area (Å²) in [4.78, 5) is 20.6. The molecule has 1 aromatic rings. The van der Waals surface area contributed by atoms with Gasteiger partial charge in [-0.1, -0.05) is 51.1 Å². The molecule has 1 fully saturated rings. The summed E-state index contributed by atoms with van der Waals surface area (Å²) in [6.45, 7) is 10.3. The number of guanidine groups is 1. The number of piperidine rings is 1. The van der Waals surface area contributed by atoms with Crippen LogP contribution in [0.5, 0.6) is 0 Å². The summed E-state index contributed by atoms with van der Waals surface area (Å²) in [6.07, 6.45) is 2.13. The van der Waals surface area contributed by atoms with Crippen molar-refractivity contribution in [3.63, 3.8) is 0 Å². The number of hydrogen-bond donors (Lipinski definition) is 2. The van der Waals surface area contributed by atoms with Gasteiger partial charge in [0.2, 0.25) is 5.91 Å². The first kappa shape index (κ1) is 25.1. The predicted molar refractivity (Wildman–Crippen MR) is 127 cm³/mol. The molecule has 1 aliphatic heterocycles. The highest BCUT2D eigenvalue weighted by Crippen LogP contribution is 2.21. The number of ether oxygens (including phenoxy) is 1. The Morgan fingerprint density at radius 1 is 1.23 bits per heavy atom. The third-order valence-electron chi connectivity index (χ3n) is 5.75. The van der Waals surface area contributed by atoms with Gasteiger partial charge in [0.25, 0.3) is 0 Å². The van der Waals surface area contributed by atoms with E-state index in [9.17, 15) is 4.79 Å². The lowest BCUT2D eigenvalue weighted by atomic mass is 9.89. The molecule has 2 rings (SSSR count). The van der Waals surface area contributed by atoms with Gasteiger partial charge in [0.1, 0.15) is 6.54 Å². The lowest BCUT2D eigenvalue weighted by Crippen LogP contribution is -2.51. The van der Waals surface area contributed by atoms with E-state index in [1.54, 1.807) is 26.1 Å². The standard InChI is InChI=1S/C24H41N5O2/c1-24(2,3)21(31-6)16-25-23(26-17-22(30)28(4)5)27-20-12-14-29(15-13-20)18-19-10-8-7-9-11-19/h7-11,20-21H,12-18H2,1-6H3,(H2,25,26,27). The first-order valence-corrected chi connectivity index (χ1v) is 11.2. The van der Waals surface area contributed by atoms with Crippen molar-refractivity contribution in [2.45, 2.75) is 52.3 Å². The van der Waals surface area contributed by atoms with Gasteiger partial charge < -0.3 is 20.3 Å². The molecule has 0 aromatic heterocycles. The zero-order valence-corrected chi connectivity index (χ0v) is 20.1. The summed E-state index contributed by atoms with van der Waals surface area (Å²) in [7, 11) is 5.24. The quantitative estimate of drug-likeness (QED) is 0.488. The minimum absolute atomic E-state index is 0.00902. The van der Waals surface area contributed by atoms with Gasteiger partial charge in [0.15, 0.2) is 5.96 Å². The van der Waals surface area contributed by atoms with Crippen LogP contribution in [0.3, 0.4) is 0 Å². The second kappa shape index (κ2) is 12.1. The van der Waals surface area contributed by atoms with E-state index in [0.717, 1.165) is 32.5 Å². The van der Waals surface area contributed by atoms with E-state index >= 15 is 0 Å². The Hall–Kier alpha value is -2.12. The average molecular weight is 432 g/mol. The van der Waals surface area contributed by atoms with Gasteiger partial charge in [-0.2, -0.15) is 0 Å². The number of amides is 1. The zero-order valence-electron chi connectivity index (χ0n) is 20.1. The maximum absolute atomic E-state index is 12.0. The van der Waals surface area contributed by atoms with E-state index in [-0.39, 0.29) is 24.0 Å². The molecule has 0 aliphatic carbocycles. The van der Waals surface area contributed by atoms with Gasteiger partial charge in [-0.25, -0.2) is 4.99 Å². The first-order valence-electron chi connectivity index (χ1n) is 11.2. The number of nitrogens with zero attached hydrogens (tertiary/aromatic N) is 3. The third kappa shape index (κ3) is 8.87. The molecule has 1 atom stereocenters. The molecule has 1 amide bonds. The summed E-state index contributed by atoms with van der Waals surface area (Å²) < 4.78 is 5.66. The molecule has 7 heteroatoms. The van der Waals surface area contributed by atoms with E-state index in [1.165, 1.54) is 5.56 Å². The topological polar surface area (TPSA) is 69.2 Å². The van der Waals surface area contributed by atoms with Crippen molar-refractivity contribution in [2.24, 2.45) is 10.4 Å². The molecule has 1 unspecified atom stereocenters. The summed E-state index contributed by atoms with van der Waals surface area (Å²) in [5.74, 6) is 0.668. The van der Waals surface area contributed by atoms with Crippen molar-refractivity contribution in [1.82, 2.24) is 20.4 Å². The molecule has 174 valence electrons. The number of nitrogens with one attached hydrogen (secondary N) is 2. The number of hydrogen-bond acceptors (Lipinski definition) is 4. The van der Waals surface area contributed by atoms with Crippen LogP contribution in [0.1, 0.15) is 39.2 Å². The number of carbonyl (C=O) groups excluding carboxylic acids is 1. The van der Waals surface area contributed by atoms with Crippen molar-refractivity contribution >= 4 is 11.9 Å². The summed E-state index contributed by atoms with van der Waals surface area (Å²) in [6, 6.07) is 11.0. The van der Waals surface area contributed by atoms with Crippen LogP contribution in [0.15, 0.2) is 35.3 Å². The SMILES string of the molecule is COC(CNC(=NCC(=O)N(C)C)NC1CCN(Cc2ccccc2)CC1)C(C)(C)C. The molecular weight excluding hydrogens is 390 g/mol. The Morgan fingerprint density at radius 3 is 2.42 bits per heavy atom. The molecule has 1 aromatic carbocycles. The van der Waals surface area contributed by atoms with Gasteiger partial charge in [-0.05, 0) is 23.8 Å². The number of rotatable bonds is 8. The molecule has 0 spiro atoms. The van der Waals surface area contributed by atoms with Crippen LogP contribution in [0, 0.1) is 5.41 Å². The smallest absolute Gasteiger partial charge is 0.243 e. The van der Waals surface area contributed by atoms with E-state index < -0.39 is 0 Å². The normalized spacial score (nSPS) is 17.3. The Kier molecular flexibility index (Phi) is 9.78. The molecule has 31 heavy (non-hydrogen) atoms. The monoisotopic (exact) mass is 431 g/mol. The fraction of sp³-hybridized carbons (Fsp3) is 0.667. The number of carbonyl (C=O) groups is 1. The van der Waals surface area contributed by atoms with Crippen molar-refractivity contribution in [3.05, 3.63) is 35.9 Å². The maximum Gasteiger partial charge on any atom is 0.243 e.